The molecule has 2 atom stereocenters. The molecule has 0 amide bonds. The maximum atomic E-state index is 12.4. The van der Waals surface area contributed by atoms with Gasteiger partial charge in [0.15, 0.2) is 5.78 Å². The maximum Gasteiger partial charge on any atom is 0.190 e. The first-order chi connectivity index (χ1) is 10.6. The summed E-state index contributed by atoms with van der Waals surface area (Å²) in [5.41, 5.74) is 0.615. The van der Waals surface area contributed by atoms with Crippen molar-refractivity contribution >= 4 is 5.78 Å². The quantitative estimate of drug-likeness (QED) is 0.921. The highest BCUT2D eigenvalue weighted by atomic mass is 16.3. The molecular formula is C18H20N2O2. The average molecular weight is 296 g/mol. The average Bonchev–Trinajstić information content (AvgIpc) is 3.09. The molecule has 1 heterocycles. The van der Waals surface area contributed by atoms with Gasteiger partial charge in [-0.3, -0.25) is 4.79 Å². The molecule has 4 heteroatoms. The lowest BCUT2D eigenvalue weighted by atomic mass is 9.90. The molecule has 4 nitrogen and oxygen atoms in total. The Bertz CT molecular complexity index is 672. The first-order valence-electron chi connectivity index (χ1n) is 7.55. The van der Waals surface area contributed by atoms with Crippen LogP contribution in [0.5, 0.6) is 0 Å². The molecule has 114 valence electrons. The Hall–Kier alpha value is -2.20. The predicted molar refractivity (Wildman–Crippen MR) is 84.2 cm³/mol. The number of aromatic nitrogens is 2. The highest BCUT2D eigenvalue weighted by Crippen LogP contribution is 2.34. The summed E-state index contributed by atoms with van der Waals surface area (Å²) in [4.78, 5) is 16.4. The summed E-state index contributed by atoms with van der Waals surface area (Å²) < 4.78 is 1.89. The summed E-state index contributed by atoms with van der Waals surface area (Å²) in [5, 5.41) is 10.6. The van der Waals surface area contributed by atoms with Gasteiger partial charge in [-0.2, -0.15) is 0 Å². The Kier molecular flexibility index (Phi) is 3.94. The summed E-state index contributed by atoms with van der Waals surface area (Å²) in [6.07, 6.45) is 8.66. The van der Waals surface area contributed by atoms with Crippen molar-refractivity contribution in [3.05, 3.63) is 66.3 Å². The van der Waals surface area contributed by atoms with Crippen LogP contribution >= 0.6 is 0 Å². The molecule has 2 aromatic rings. The fourth-order valence-electron chi connectivity index (χ4n) is 2.95. The molecular weight excluding hydrogens is 276 g/mol. The number of hydrogen-bond acceptors (Lipinski definition) is 3. The molecule has 3 rings (SSSR count). The lowest BCUT2D eigenvalue weighted by Crippen LogP contribution is -2.40. The van der Waals surface area contributed by atoms with Gasteiger partial charge in [0.1, 0.15) is 5.60 Å². The second-order valence-electron chi connectivity index (χ2n) is 6.02. The van der Waals surface area contributed by atoms with Crippen LogP contribution in [0.3, 0.4) is 0 Å². The second-order valence-corrected chi connectivity index (χ2v) is 6.02. The highest BCUT2D eigenvalue weighted by Gasteiger charge is 2.44. The van der Waals surface area contributed by atoms with Crippen LogP contribution in [0.4, 0.5) is 0 Å². The van der Waals surface area contributed by atoms with E-state index in [-0.39, 0.29) is 11.7 Å². The molecule has 22 heavy (non-hydrogen) atoms. The molecule has 0 bridgehead atoms. The molecule has 1 aliphatic carbocycles. The SMILES string of the molecule is C[C@@]1(O)C(=O)C(CCc2ccccc2)=C[C@H]1Cn1ccnc1. The zero-order valence-electron chi connectivity index (χ0n) is 12.6. The smallest absolute Gasteiger partial charge is 0.190 e. The molecule has 1 aromatic carbocycles. The number of ketones is 1. The van der Waals surface area contributed by atoms with Gasteiger partial charge in [-0.25, -0.2) is 4.98 Å². The van der Waals surface area contributed by atoms with Gasteiger partial charge in [-0.1, -0.05) is 36.4 Å². The van der Waals surface area contributed by atoms with E-state index in [1.54, 1.807) is 19.4 Å². The van der Waals surface area contributed by atoms with Crippen molar-refractivity contribution in [1.29, 1.82) is 0 Å². The van der Waals surface area contributed by atoms with Crippen molar-refractivity contribution in [2.45, 2.75) is 31.9 Å². The number of aryl methyl sites for hydroxylation is 1. The van der Waals surface area contributed by atoms with E-state index in [9.17, 15) is 9.90 Å². The summed E-state index contributed by atoms with van der Waals surface area (Å²) in [7, 11) is 0. The van der Waals surface area contributed by atoms with Crippen LogP contribution in [0.1, 0.15) is 18.9 Å². The van der Waals surface area contributed by atoms with Crippen molar-refractivity contribution in [2.24, 2.45) is 5.92 Å². The maximum absolute atomic E-state index is 12.4. The number of aliphatic hydroxyl groups is 1. The van der Waals surface area contributed by atoms with Gasteiger partial charge in [-0.15, -0.1) is 0 Å². The molecule has 1 N–H and O–H groups in total. The van der Waals surface area contributed by atoms with Crippen LogP contribution in [0, 0.1) is 5.92 Å². The predicted octanol–water partition coefficient (Wildman–Crippen LogP) is 2.39. The fourth-order valence-corrected chi connectivity index (χ4v) is 2.95. The van der Waals surface area contributed by atoms with Gasteiger partial charge < -0.3 is 9.67 Å². The molecule has 0 saturated heterocycles. The minimum Gasteiger partial charge on any atom is -0.381 e. The number of carbonyl (C=O) groups is 1. The van der Waals surface area contributed by atoms with Gasteiger partial charge in [0.25, 0.3) is 0 Å². The Morgan fingerprint density at radius 1 is 1.27 bits per heavy atom. The van der Waals surface area contributed by atoms with Crippen molar-refractivity contribution in [1.82, 2.24) is 9.55 Å². The van der Waals surface area contributed by atoms with Crippen molar-refractivity contribution in [3.63, 3.8) is 0 Å². The van der Waals surface area contributed by atoms with Crippen LogP contribution in [0.15, 0.2) is 60.7 Å². The van der Waals surface area contributed by atoms with Crippen LogP contribution < -0.4 is 0 Å². The third-order valence-electron chi connectivity index (χ3n) is 4.37. The molecule has 0 unspecified atom stereocenters. The van der Waals surface area contributed by atoms with E-state index in [4.69, 9.17) is 0 Å². The van der Waals surface area contributed by atoms with Gasteiger partial charge in [-0.05, 0) is 30.9 Å². The van der Waals surface area contributed by atoms with Gasteiger partial charge in [0, 0.05) is 24.9 Å². The third kappa shape index (κ3) is 2.88. The molecule has 0 aliphatic heterocycles. The van der Waals surface area contributed by atoms with Crippen molar-refractivity contribution < 1.29 is 9.90 Å². The lowest BCUT2D eigenvalue weighted by molar-refractivity contribution is -0.133. The standard InChI is InChI=1S/C18H20N2O2/c1-18(22)16(12-20-10-9-19-13-20)11-15(17(18)21)8-7-14-5-3-2-4-6-14/h2-6,9-11,13,16,22H,7-8,12H2,1H3/t16-,18-/m0/s1. The number of rotatable bonds is 5. The van der Waals surface area contributed by atoms with Gasteiger partial charge in [0.05, 0.1) is 6.33 Å². The molecule has 0 fully saturated rings. The zero-order valence-corrected chi connectivity index (χ0v) is 12.6. The Morgan fingerprint density at radius 2 is 2.05 bits per heavy atom. The van der Waals surface area contributed by atoms with Gasteiger partial charge in [0.2, 0.25) is 0 Å². The molecule has 0 saturated carbocycles. The first kappa shape index (κ1) is 14.7. The summed E-state index contributed by atoms with van der Waals surface area (Å²) in [5.74, 6) is -0.353. The number of benzene rings is 1. The zero-order chi connectivity index (χ0) is 15.6. The monoisotopic (exact) mass is 296 g/mol. The summed E-state index contributed by atoms with van der Waals surface area (Å²) in [6.45, 7) is 2.18. The topological polar surface area (TPSA) is 55.1 Å². The third-order valence-corrected chi connectivity index (χ3v) is 4.37. The Morgan fingerprint density at radius 3 is 2.73 bits per heavy atom. The number of Topliss-reactive ketones (excluding diaryl/α,β-unsaturated/α-hetero) is 1. The second kappa shape index (κ2) is 5.89. The van der Waals surface area contributed by atoms with Crippen LogP contribution in [-0.4, -0.2) is 26.0 Å². The largest absolute Gasteiger partial charge is 0.381 e. The fraction of sp³-hybridized carbons (Fsp3) is 0.333. The Balaban J connectivity index is 1.72. The van der Waals surface area contributed by atoms with Crippen molar-refractivity contribution in [3.8, 4) is 0 Å². The molecule has 0 radical (unpaired) electrons. The molecule has 1 aliphatic rings. The number of carbonyl (C=O) groups excluding carboxylic acids is 1. The highest BCUT2D eigenvalue weighted by molar-refractivity contribution is 6.04. The lowest BCUT2D eigenvalue weighted by Gasteiger charge is -2.24. The van der Waals surface area contributed by atoms with Crippen LogP contribution in [0.25, 0.3) is 0 Å². The van der Waals surface area contributed by atoms with Crippen LogP contribution in [0.2, 0.25) is 0 Å². The molecule has 0 spiro atoms. The first-order valence-corrected chi connectivity index (χ1v) is 7.55. The van der Waals surface area contributed by atoms with Gasteiger partial charge >= 0.3 is 0 Å². The minimum atomic E-state index is -1.32. The van der Waals surface area contributed by atoms with E-state index in [2.05, 4.69) is 17.1 Å². The summed E-state index contributed by atoms with van der Waals surface area (Å²) >= 11 is 0. The van der Waals surface area contributed by atoms with E-state index in [1.165, 1.54) is 5.56 Å². The van der Waals surface area contributed by atoms with E-state index in [0.29, 0.717) is 13.0 Å². The van der Waals surface area contributed by atoms with E-state index in [1.807, 2.05) is 35.0 Å². The van der Waals surface area contributed by atoms with E-state index < -0.39 is 5.60 Å². The van der Waals surface area contributed by atoms with Crippen molar-refractivity contribution in [2.75, 3.05) is 0 Å². The number of nitrogens with zero attached hydrogens (tertiary/aromatic N) is 2. The molecule has 1 aromatic heterocycles. The Labute approximate surface area is 130 Å². The number of imidazole rings is 1. The van der Waals surface area contributed by atoms with E-state index in [0.717, 1.165) is 12.0 Å². The van der Waals surface area contributed by atoms with E-state index >= 15 is 0 Å². The van der Waals surface area contributed by atoms with Crippen LogP contribution in [-0.2, 0) is 17.8 Å². The summed E-state index contributed by atoms with van der Waals surface area (Å²) in [6, 6.07) is 10.1. The normalized spacial score (nSPS) is 24.5. The number of hydrogen-bond donors (Lipinski definition) is 1. The minimum absolute atomic E-state index is 0.145.